The number of nitrogens with two attached hydrogens (primary N) is 1. The number of hydrogen-bond acceptors (Lipinski definition) is 3. The van der Waals surface area contributed by atoms with Crippen LogP contribution in [-0.2, 0) is 12.8 Å². The van der Waals surface area contributed by atoms with Gasteiger partial charge in [0.2, 0.25) is 5.78 Å². The van der Waals surface area contributed by atoms with E-state index in [1.165, 1.54) is 6.20 Å². The van der Waals surface area contributed by atoms with Gasteiger partial charge in [-0.15, -0.1) is 0 Å². The smallest absolute Gasteiger partial charge is 0.211 e. The van der Waals surface area contributed by atoms with Crippen molar-refractivity contribution in [2.45, 2.75) is 12.8 Å². The van der Waals surface area contributed by atoms with Crippen LogP contribution in [0.1, 0.15) is 27.2 Å². The molecule has 18 heavy (non-hydrogen) atoms. The molecule has 3 nitrogen and oxygen atoms in total. The summed E-state index contributed by atoms with van der Waals surface area (Å²) >= 11 is 5.97. The molecule has 0 fully saturated rings. The quantitative estimate of drug-likeness (QED) is 0.790. The van der Waals surface area contributed by atoms with Crippen LogP contribution in [0.5, 0.6) is 0 Å². The van der Waals surface area contributed by atoms with Gasteiger partial charge in [0, 0.05) is 10.6 Å². The third kappa shape index (κ3) is 1.77. The van der Waals surface area contributed by atoms with E-state index in [9.17, 15) is 4.79 Å². The lowest BCUT2D eigenvalue weighted by atomic mass is 10.0. The highest BCUT2D eigenvalue weighted by atomic mass is 35.5. The number of benzene rings is 1. The average molecular weight is 259 g/mol. The Morgan fingerprint density at radius 3 is 2.78 bits per heavy atom. The number of carbonyl (C=O) groups is 1. The summed E-state index contributed by atoms with van der Waals surface area (Å²) in [5, 5.41) is 0.653. The predicted octanol–water partition coefficient (Wildman–Crippen LogP) is 2.65. The fourth-order valence-corrected chi connectivity index (χ4v) is 2.51. The minimum atomic E-state index is -0.0471. The second kappa shape index (κ2) is 4.10. The second-order valence-electron chi connectivity index (χ2n) is 4.41. The molecule has 2 aromatic rings. The van der Waals surface area contributed by atoms with Crippen LogP contribution in [0.3, 0.4) is 0 Å². The maximum absolute atomic E-state index is 12.4. The molecule has 2 N–H and O–H groups in total. The lowest BCUT2D eigenvalue weighted by Gasteiger charge is -2.04. The van der Waals surface area contributed by atoms with Crippen LogP contribution in [0.25, 0.3) is 0 Å². The Bertz CT molecular complexity index is 597. The highest BCUT2D eigenvalue weighted by Gasteiger charge is 2.22. The molecule has 0 aliphatic heterocycles. The Morgan fingerprint density at radius 2 is 1.94 bits per heavy atom. The molecule has 1 heterocycles. The molecule has 1 aromatic carbocycles. The van der Waals surface area contributed by atoms with E-state index in [-0.39, 0.29) is 5.78 Å². The third-order valence-electron chi connectivity index (χ3n) is 3.18. The largest absolute Gasteiger partial charge is 0.397 e. The van der Waals surface area contributed by atoms with E-state index in [0.717, 1.165) is 24.0 Å². The Hall–Kier alpha value is -1.87. The fourth-order valence-electron chi connectivity index (χ4n) is 2.31. The van der Waals surface area contributed by atoms with Gasteiger partial charge in [0.1, 0.15) is 5.69 Å². The number of hydrogen-bond donors (Lipinski definition) is 1. The van der Waals surface area contributed by atoms with Gasteiger partial charge in [-0.3, -0.25) is 9.78 Å². The first-order valence-electron chi connectivity index (χ1n) is 5.72. The number of ketones is 1. The van der Waals surface area contributed by atoms with E-state index in [2.05, 4.69) is 4.98 Å². The molecule has 90 valence electrons. The monoisotopic (exact) mass is 258 g/mol. The first-order chi connectivity index (χ1) is 8.65. The summed E-state index contributed by atoms with van der Waals surface area (Å²) in [6.07, 6.45) is 3.06. The molecular weight excluding hydrogens is 248 g/mol. The van der Waals surface area contributed by atoms with Crippen LogP contribution in [-0.4, -0.2) is 10.8 Å². The molecule has 0 unspecified atom stereocenters. The number of rotatable bonds is 0. The Kier molecular flexibility index (Phi) is 2.56. The first-order valence-corrected chi connectivity index (χ1v) is 6.10. The van der Waals surface area contributed by atoms with Gasteiger partial charge in [-0.1, -0.05) is 11.6 Å². The molecule has 0 atom stereocenters. The van der Waals surface area contributed by atoms with Crippen molar-refractivity contribution in [3.8, 4) is 0 Å². The normalized spacial score (nSPS) is 13.7. The zero-order valence-corrected chi connectivity index (χ0v) is 10.4. The second-order valence-corrected chi connectivity index (χ2v) is 4.84. The van der Waals surface area contributed by atoms with E-state index in [4.69, 9.17) is 17.3 Å². The van der Waals surface area contributed by atoms with Gasteiger partial charge in [0.05, 0.1) is 11.9 Å². The summed E-state index contributed by atoms with van der Waals surface area (Å²) in [4.78, 5) is 16.6. The van der Waals surface area contributed by atoms with Gasteiger partial charge in [-0.2, -0.15) is 0 Å². The number of pyridine rings is 1. The minimum Gasteiger partial charge on any atom is -0.397 e. The van der Waals surface area contributed by atoms with Crippen molar-refractivity contribution in [2.75, 3.05) is 5.73 Å². The van der Waals surface area contributed by atoms with Crippen molar-refractivity contribution in [3.05, 3.63) is 57.9 Å². The van der Waals surface area contributed by atoms with Gasteiger partial charge in [0.15, 0.2) is 0 Å². The van der Waals surface area contributed by atoms with Gasteiger partial charge in [0.25, 0.3) is 0 Å². The van der Waals surface area contributed by atoms with Crippen LogP contribution >= 0.6 is 11.6 Å². The molecule has 1 aliphatic carbocycles. The van der Waals surface area contributed by atoms with Gasteiger partial charge in [-0.05, 0) is 48.2 Å². The van der Waals surface area contributed by atoms with E-state index in [0.29, 0.717) is 22.0 Å². The van der Waals surface area contributed by atoms with Crippen LogP contribution in [0.4, 0.5) is 5.69 Å². The van der Waals surface area contributed by atoms with Crippen molar-refractivity contribution in [2.24, 2.45) is 0 Å². The number of nitrogens with zero attached hydrogens (tertiary/aromatic N) is 1. The molecule has 4 heteroatoms. The van der Waals surface area contributed by atoms with Crippen molar-refractivity contribution >= 4 is 23.1 Å². The van der Waals surface area contributed by atoms with Crippen molar-refractivity contribution in [1.29, 1.82) is 0 Å². The first kappa shape index (κ1) is 11.2. The lowest BCUT2D eigenvalue weighted by Crippen LogP contribution is -2.07. The summed E-state index contributed by atoms with van der Waals surface area (Å²) in [6.45, 7) is 0. The van der Waals surface area contributed by atoms with E-state index in [1.54, 1.807) is 12.1 Å². The SMILES string of the molecule is Nc1cnc2c(c1)CCc1cc(Cl)ccc1C2=O. The molecule has 3 rings (SSSR count). The Balaban J connectivity index is 2.18. The highest BCUT2D eigenvalue weighted by molar-refractivity contribution is 6.30. The summed E-state index contributed by atoms with van der Waals surface area (Å²) in [7, 11) is 0. The van der Waals surface area contributed by atoms with Gasteiger partial charge < -0.3 is 5.73 Å². The molecule has 0 spiro atoms. The van der Waals surface area contributed by atoms with Crippen LogP contribution in [0.15, 0.2) is 30.5 Å². The maximum Gasteiger partial charge on any atom is 0.211 e. The highest BCUT2D eigenvalue weighted by Crippen LogP contribution is 2.26. The molecule has 1 aromatic heterocycles. The van der Waals surface area contributed by atoms with Crippen LogP contribution in [0.2, 0.25) is 5.02 Å². The lowest BCUT2D eigenvalue weighted by molar-refractivity contribution is 0.103. The Morgan fingerprint density at radius 1 is 1.17 bits per heavy atom. The molecule has 0 radical (unpaired) electrons. The summed E-state index contributed by atoms with van der Waals surface area (Å²) in [5.41, 5.74) is 9.38. The average Bonchev–Trinajstić information content (AvgIpc) is 2.47. The summed E-state index contributed by atoms with van der Waals surface area (Å²) in [6, 6.07) is 7.19. The zero-order valence-electron chi connectivity index (χ0n) is 9.61. The molecule has 0 amide bonds. The molecule has 0 bridgehead atoms. The van der Waals surface area contributed by atoms with Gasteiger partial charge in [-0.25, -0.2) is 0 Å². The fraction of sp³-hybridized carbons (Fsp3) is 0.143. The molecule has 1 aliphatic rings. The molecule has 0 saturated carbocycles. The van der Waals surface area contributed by atoms with Crippen molar-refractivity contribution in [1.82, 2.24) is 4.98 Å². The standard InChI is InChI=1S/C14H11ClN2O/c15-10-3-4-12-8(5-10)1-2-9-6-11(16)7-17-13(9)14(12)18/h3-7H,1-2,16H2. The van der Waals surface area contributed by atoms with Crippen molar-refractivity contribution in [3.63, 3.8) is 0 Å². The zero-order chi connectivity index (χ0) is 12.7. The Labute approximate surface area is 110 Å². The van der Waals surface area contributed by atoms with Crippen LogP contribution < -0.4 is 5.73 Å². The summed E-state index contributed by atoms with van der Waals surface area (Å²) < 4.78 is 0. The predicted molar refractivity (Wildman–Crippen MR) is 70.9 cm³/mol. The number of nitrogen functional groups attached to an aromatic ring is 1. The topological polar surface area (TPSA) is 56.0 Å². The van der Waals surface area contributed by atoms with Crippen LogP contribution in [0, 0.1) is 0 Å². The van der Waals surface area contributed by atoms with E-state index in [1.807, 2.05) is 12.1 Å². The number of aryl methyl sites for hydroxylation is 2. The minimum absolute atomic E-state index is 0.0471. The molecular formula is C14H11ClN2O. The van der Waals surface area contributed by atoms with E-state index < -0.39 is 0 Å². The number of halogens is 1. The van der Waals surface area contributed by atoms with E-state index >= 15 is 0 Å². The number of fused-ring (bicyclic) bond motifs is 2. The number of aromatic nitrogens is 1. The van der Waals surface area contributed by atoms with Gasteiger partial charge >= 0.3 is 0 Å². The number of carbonyl (C=O) groups excluding carboxylic acids is 1. The molecule has 0 saturated heterocycles. The number of anilines is 1. The third-order valence-corrected chi connectivity index (χ3v) is 3.41. The maximum atomic E-state index is 12.4. The summed E-state index contributed by atoms with van der Waals surface area (Å²) in [5.74, 6) is -0.0471. The van der Waals surface area contributed by atoms with Crippen molar-refractivity contribution < 1.29 is 4.79 Å².